The number of halogens is 1. The average molecular weight is 463 g/mol. The highest BCUT2D eigenvalue weighted by Crippen LogP contribution is 2.12. The van der Waals surface area contributed by atoms with Crippen LogP contribution in [0.4, 0.5) is 0 Å². The van der Waals surface area contributed by atoms with Crippen molar-refractivity contribution < 1.29 is 4.74 Å². The van der Waals surface area contributed by atoms with Crippen molar-refractivity contribution in [2.75, 3.05) is 26.7 Å². The van der Waals surface area contributed by atoms with Gasteiger partial charge in [0.1, 0.15) is 12.4 Å². The maximum Gasteiger partial charge on any atom is 0.190 e. The Bertz CT molecular complexity index is 693. The Morgan fingerprint density at radius 3 is 2.08 bits per heavy atom. The van der Waals surface area contributed by atoms with E-state index in [4.69, 9.17) is 11.2 Å². The standard InChI is InChI=1S/C21H25N3O.HI/c1-3-17-25-20-11-9-19(10-12-20)14-16-24-21(22-2)23-15-13-18-7-5-4-6-8-18;/h1,4-12H,13-17H2,2H3,(H2,22,23,24);1H. The van der Waals surface area contributed by atoms with Gasteiger partial charge in [-0.2, -0.15) is 0 Å². The van der Waals surface area contributed by atoms with Crippen LogP contribution < -0.4 is 15.4 Å². The zero-order valence-corrected chi connectivity index (χ0v) is 17.4. The third-order valence-corrected chi connectivity index (χ3v) is 3.72. The topological polar surface area (TPSA) is 45.6 Å². The molecule has 0 atom stereocenters. The normalized spacial score (nSPS) is 10.4. The summed E-state index contributed by atoms with van der Waals surface area (Å²) in [6.45, 7) is 1.96. The zero-order valence-electron chi connectivity index (χ0n) is 15.1. The Labute approximate surface area is 173 Å². The van der Waals surface area contributed by atoms with Gasteiger partial charge in [-0.1, -0.05) is 48.4 Å². The monoisotopic (exact) mass is 463 g/mol. The summed E-state index contributed by atoms with van der Waals surface area (Å²) in [6.07, 6.45) is 7.07. The molecule has 0 aliphatic rings. The van der Waals surface area contributed by atoms with E-state index in [1.165, 1.54) is 11.1 Å². The summed E-state index contributed by atoms with van der Waals surface area (Å²) in [5.41, 5.74) is 2.55. The number of hydrogen-bond acceptors (Lipinski definition) is 2. The van der Waals surface area contributed by atoms with Crippen LogP contribution in [0.2, 0.25) is 0 Å². The van der Waals surface area contributed by atoms with Gasteiger partial charge in [-0.15, -0.1) is 30.4 Å². The van der Waals surface area contributed by atoms with E-state index in [0.29, 0.717) is 6.61 Å². The Morgan fingerprint density at radius 1 is 0.962 bits per heavy atom. The van der Waals surface area contributed by atoms with Crippen molar-refractivity contribution in [1.29, 1.82) is 0 Å². The van der Waals surface area contributed by atoms with E-state index in [1.54, 1.807) is 7.05 Å². The highest BCUT2D eigenvalue weighted by atomic mass is 127. The van der Waals surface area contributed by atoms with Crippen molar-refractivity contribution in [3.8, 4) is 18.1 Å². The molecule has 2 aromatic rings. The molecule has 0 heterocycles. The molecule has 5 heteroatoms. The number of terminal acetylenes is 1. The van der Waals surface area contributed by atoms with Gasteiger partial charge in [-0.05, 0) is 36.1 Å². The Balaban J connectivity index is 0.00000338. The van der Waals surface area contributed by atoms with Crippen LogP contribution in [0, 0.1) is 12.3 Å². The minimum absolute atomic E-state index is 0. The molecule has 0 aliphatic carbocycles. The van der Waals surface area contributed by atoms with Crippen molar-refractivity contribution in [2.24, 2.45) is 4.99 Å². The molecule has 2 aromatic carbocycles. The number of ether oxygens (including phenoxy) is 1. The zero-order chi connectivity index (χ0) is 17.7. The van der Waals surface area contributed by atoms with Crippen LogP contribution >= 0.6 is 24.0 Å². The summed E-state index contributed by atoms with van der Waals surface area (Å²) in [6, 6.07) is 18.4. The molecule has 0 spiro atoms. The first kappa shape index (κ1) is 21.8. The molecular weight excluding hydrogens is 437 g/mol. The second-order valence-electron chi connectivity index (χ2n) is 5.55. The molecule has 0 bridgehead atoms. The van der Waals surface area contributed by atoms with E-state index in [-0.39, 0.29) is 24.0 Å². The highest BCUT2D eigenvalue weighted by Gasteiger charge is 1.99. The molecule has 0 saturated carbocycles. The molecule has 138 valence electrons. The van der Waals surface area contributed by atoms with E-state index >= 15 is 0 Å². The molecule has 2 N–H and O–H groups in total. The number of hydrogen-bond donors (Lipinski definition) is 2. The molecule has 4 nitrogen and oxygen atoms in total. The third-order valence-electron chi connectivity index (χ3n) is 3.72. The summed E-state index contributed by atoms with van der Waals surface area (Å²) < 4.78 is 5.37. The summed E-state index contributed by atoms with van der Waals surface area (Å²) in [5.74, 6) is 4.08. The van der Waals surface area contributed by atoms with Gasteiger partial charge in [-0.3, -0.25) is 4.99 Å². The van der Waals surface area contributed by atoms with E-state index in [2.05, 4.69) is 57.9 Å². The molecule has 0 amide bonds. The van der Waals surface area contributed by atoms with Crippen molar-refractivity contribution in [3.05, 3.63) is 65.7 Å². The van der Waals surface area contributed by atoms with Crippen molar-refractivity contribution in [1.82, 2.24) is 10.6 Å². The fraction of sp³-hybridized carbons (Fsp3) is 0.286. The fourth-order valence-corrected chi connectivity index (χ4v) is 2.39. The van der Waals surface area contributed by atoms with Crippen LogP contribution in [0.15, 0.2) is 59.6 Å². The van der Waals surface area contributed by atoms with Gasteiger partial charge in [0.05, 0.1) is 0 Å². The minimum atomic E-state index is 0. The van der Waals surface area contributed by atoms with Crippen LogP contribution in [0.1, 0.15) is 11.1 Å². The van der Waals surface area contributed by atoms with Gasteiger partial charge in [0.15, 0.2) is 5.96 Å². The summed E-state index contributed by atoms with van der Waals surface area (Å²) in [5, 5.41) is 6.67. The van der Waals surface area contributed by atoms with Crippen LogP contribution in [-0.4, -0.2) is 32.7 Å². The molecule has 2 rings (SSSR count). The van der Waals surface area contributed by atoms with Gasteiger partial charge < -0.3 is 15.4 Å². The number of guanidine groups is 1. The molecule has 26 heavy (non-hydrogen) atoms. The third kappa shape index (κ3) is 8.26. The SMILES string of the molecule is C#CCOc1ccc(CCNC(=NC)NCCc2ccccc2)cc1.I. The van der Waals surface area contributed by atoms with Crippen molar-refractivity contribution >= 4 is 29.9 Å². The second-order valence-corrected chi connectivity index (χ2v) is 5.55. The Hall–Kier alpha value is -2.20. The summed E-state index contributed by atoms with van der Waals surface area (Å²) >= 11 is 0. The Kier molecular flexibility index (Phi) is 11.0. The predicted molar refractivity (Wildman–Crippen MR) is 119 cm³/mol. The van der Waals surface area contributed by atoms with Crippen LogP contribution in [0.25, 0.3) is 0 Å². The lowest BCUT2D eigenvalue weighted by molar-refractivity contribution is 0.370. The number of rotatable bonds is 8. The lowest BCUT2D eigenvalue weighted by atomic mass is 10.1. The molecule has 0 fully saturated rings. The van der Waals surface area contributed by atoms with Crippen molar-refractivity contribution in [2.45, 2.75) is 12.8 Å². The van der Waals surface area contributed by atoms with Crippen LogP contribution in [0.5, 0.6) is 5.75 Å². The number of aliphatic imine (C=N–C) groups is 1. The first-order valence-corrected chi connectivity index (χ1v) is 8.45. The van der Waals surface area contributed by atoms with Gasteiger partial charge in [0, 0.05) is 20.1 Å². The lowest BCUT2D eigenvalue weighted by Gasteiger charge is -2.12. The van der Waals surface area contributed by atoms with Gasteiger partial charge >= 0.3 is 0 Å². The van der Waals surface area contributed by atoms with Crippen molar-refractivity contribution in [3.63, 3.8) is 0 Å². The lowest BCUT2D eigenvalue weighted by Crippen LogP contribution is -2.39. The van der Waals surface area contributed by atoms with Crippen LogP contribution in [0.3, 0.4) is 0 Å². The average Bonchev–Trinajstić information content (AvgIpc) is 2.67. The van der Waals surface area contributed by atoms with E-state index in [9.17, 15) is 0 Å². The van der Waals surface area contributed by atoms with Gasteiger partial charge in [0.25, 0.3) is 0 Å². The summed E-state index contributed by atoms with van der Waals surface area (Å²) in [7, 11) is 1.79. The largest absolute Gasteiger partial charge is 0.481 e. The Morgan fingerprint density at radius 2 is 1.54 bits per heavy atom. The first-order chi connectivity index (χ1) is 12.3. The minimum Gasteiger partial charge on any atom is -0.481 e. The van der Waals surface area contributed by atoms with E-state index in [1.807, 2.05) is 18.2 Å². The number of nitrogens with zero attached hydrogens (tertiary/aromatic N) is 1. The van der Waals surface area contributed by atoms with Gasteiger partial charge in [-0.25, -0.2) is 0 Å². The predicted octanol–water partition coefficient (Wildman–Crippen LogP) is 3.27. The maximum absolute atomic E-state index is 5.37. The number of nitrogens with one attached hydrogen (secondary N) is 2. The van der Waals surface area contributed by atoms with E-state index in [0.717, 1.165) is 37.6 Å². The molecule has 0 aromatic heterocycles. The first-order valence-electron chi connectivity index (χ1n) is 8.45. The van der Waals surface area contributed by atoms with Crippen LogP contribution in [-0.2, 0) is 12.8 Å². The van der Waals surface area contributed by atoms with Gasteiger partial charge in [0.2, 0.25) is 0 Å². The molecule has 0 radical (unpaired) electrons. The smallest absolute Gasteiger partial charge is 0.190 e. The highest BCUT2D eigenvalue weighted by molar-refractivity contribution is 14.0. The maximum atomic E-state index is 5.37. The second kappa shape index (κ2) is 13.1. The number of benzene rings is 2. The van der Waals surface area contributed by atoms with E-state index < -0.39 is 0 Å². The summed E-state index contributed by atoms with van der Waals surface area (Å²) in [4.78, 5) is 4.25. The quantitative estimate of drug-likeness (QED) is 0.274. The fourth-order valence-electron chi connectivity index (χ4n) is 2.39. The molecule has 0 saturated heterocycles. The molecular formula is C21H26IN3O. The molecule has 0 aliphatic heterocycles. The molecule has 0 unspecified atom stereocenters.